The number of ether oxygens (including phenoxy) is 2. The van der Waals surface area contributed by atoms with Gasteiger partial charge in [0.25, 0.3) is 0 Å². The van der Waals surface area contributed by atoms with Crippen molar-refractivity contribution >= 4 is 11.8 Å². The monoisotopic (exact) mass is 265 g/mol. The van der Waals surface area contributed by atoms with Crippen LogP contribution in [-0.4, -0.2) is 31.6 Å². The molecular formula is C14H19NO2S. The Morgan fingerprint density at radius 3 is 2.83 bits per heavy atom. The molecule has 1 saturated carbocycles. The molecule has 0 saturated heterocycles. The Morgan fingerprint density at radius 1 is 1.17 bits per heavy atom. The van der Waals surface area contributed by atoms with Crippen molar-refractivity contribution in [3.05, 3.63) is 18.2 Å². The maximum atomic E-state index is 5.69. The topological polar surface area (TPSA) is 30.5 Å². The standard InChI is InChI=1S/C14H19NO2S/c1-7-16-13-5-4-12(10-14(13)17-8-1)18-9-6-15-11-2-3-11/h4-5,10-11,15H,1-3,6-9H2. The third-order valence-corrected chi connectivity index (χ3v) is 4.10. The van der Waals surface area contributed by atoms with Gasteiger partial charge in [0.1, 0.15) is 0 Å². The molecule has 98 valence electrons. The summed E-state index contributed by atoms with van der Waals surface area (Å²) < 4.78 is 11.3. The van der Waals surface area contributed by atoms with Gasteiger partial charge in [-0.1, -0.05) is 0 Å². The van der Waals surface area contributed by atoms with Gasteiger partial charge in [0.2, 0.25) is 0 Å². The largest absolute Gasteiger partial charge is 0.490 e. The lowest BCUT2D eigenvalue weighted by Crippen LogP contribution is -2.18. The van der Waals surface area contributed by atoms with Crippen LogP contribution >= 0.6 is 11.8 Å². The summed E-state index contributed by atoms with van der Waals surface area (Å²) in [5.41, 5.74) is 0. The molecular weight excluding hydrogens is 246 g/mol. The molecule has 0 amide bonds. The van der Waals surface area contributed by atoms with Crippen molar-refractivity contribution in [3.8, 4) is 11.5 Å². The predicted molar refractivity (Wildman–Crippen MR) is 73.8 cm³/mol. The highest BCUT2D eigenvalue weighted by Gasteiger charge is 2.19. The van der Waals surface area contributed by atoms with Crippen LogP contribution in [0.3, 0.4) is 0 Å². The van der Waals surface area contributed by atoms with Crippen LogP contribution in [0.2, 0.25) is 0 Å². The first-order chi connectivity index (χ1) is 8.92. The Labute approximate surface area is 112 Å². The molecule has 0 spiro atoms. The summed E-state index contributed by atoms with van der Waals surface area (Å²) >= 11 is 1.87. The number of benzene rings is 1. The predicted octanol–water partition coefficient (Wildman–Crippen LogP) is 2.69. The van der Waals surface area contributed by atoms with Gasteiger partial charge in [-0.25, -0.2) is 0 Å². The Hall–Kier alpha value is -0.870. The van der Waals surface area contributed by atoms with E-state index in [0.717, 1.165) is 49.5 Å². The summed E-state index contributed by atoms with van der Waals surface area (Å²) in [5.74, 6) is 2.89. The molecule has 0 atom stereocenters. The van der Waals surface area contributed by atoms with Crippen molar-refractivity contribution in [2.75, 3.05) is 25.5 Å². The Bertz CT molecular complexity index is 407. The summed E-state index contributed by atoms with van der Waals surface area (Å²) in [5, 5.41) is 3.52. The highest BCUT2D eigenvalue weighted by Crippen LogP contribution is 2.33. The first-order valence-corrected chi connectivity index (χ1v) is 7.66. The second kappa shape index (κ2) is 5.85. The maximum Gasteiger partial charge on any atom is 0.162 e. The molecule has 1 aromatic rings. The van der Waals surface area contributed by atoms with Crippen LogP contribution in [0.25, 0.3) is 0 Å². The first kappa shape index (κ1) is 12.2. The third-order valence-electron chi connectivity index (χ3n) is 3.10. The van der Waals surface area contributed by atoms with Crippen LogP contribution < -0.4 is 14.8 Å². The molecule has 0 bridgehead atoms. The van der Waals surface area contributed by atoms with Crippen LogP contribution in [-0.2, 0) is 0 Å². The van der Waals surface area contributed by atoms with E-state index in [1.165, 1.54) is 17.7 Å². The SMILES string of the molecule is c1cc2c(cc1SCCNC1CC1)OCCCO2. The van der Waals surface area contributed by atoms with E-state index >= 15 is 0 Å². The third kappa shape index (κ3) is 3.33. The molecule has 0 radical (unpaired) electrons. The van der Waals surface area contributed by atoms with Gasteiger partial charge < -0.3 is 14.8 Å². The van der Waals surface area contributed by atoms with Crippen LogP contribution in [0, 0.1) is 0 Å². The molecule has 0 unspecified atom stereocenters. The molecule has 2 aliphatic rings. The van der Waals surface area contributed by atoms with Crippen molar-refractivity contribution in [3.63, 3.8) is 0 Å². The number of thioether (sulfide) groups is 1. The van der Waals surface area contributed by atoms with Gasteiger partial charge >= 0.3 is 0 Å². The van der Waals surface area contributed by atoms with E-state index < -0.39 is 0 Å². The van der Waals surface area contributed by atoms with E-state index in [2.05, 4.69) is 17.4 Å². The van der Waals surface area contributed by atoms with Crippen molar-refractivity contribution in [1.82, 2.24) is 5.32 Å². The summed E-state index contributed by atoms with van der Waals surface area (Å²) in [6.45, 7) is 2.60. The second-order valence-electron chi connectivity index (χ2n) is 4.74. The zero-order valence-corrected chi connectivity index (χ0v) is 11.3. The quantitative estimate of drug-likeness (QED) is 0.655. The minimum absolute atomic E-state index is 0.754. The zero-order chi connectivity index (χ0) is 12.2. The Kier molecular flexibility index (Phi) is 3.96. The van der Waals surface area contributed by atoms with Crippen LogP contribution in [0.5, 0.6) is 11.5 Å². The minimum atomic E-state index is 0.754. The summed E-state index contributed by atoms with van der Waals surface area (Å²) in [6, 6.07) is 7.05. The van der Waals surface area contributed by atoms with Gasteiger partial charge in [0, 0.05) is 29.7 Å². The van der Waals surface area contributed by atoms with Gasteiger partial charge in [0.15, 0.2) is 11.5 Å². The average molecular weight is 265 g/mol. The lowest BCUT2D eigenvalue weighted by Gasteiger charge is -2.09. The van der Waals surface area contributed by atoms with E-state index in [-0.39, 0.29) is 0 Å². The van der Waals surface area contributed by atoms with E-state index in [0.29, 0.717) is 0 Å². The summed E-state index contributed by atoms with van der Waals surface area (Å²) in [4.78, 5) is 1.26. The number of rotatable bonds is 5. The minimum Gasteiger partial charge on any atom is -0.490 e. The molecule has 1 aliphatic heterocycles. The first-order valence-electron chi connectivity index (χ1n) is 6.68. The highest BCUT2D eigenvalue weighted by atomic mass is 32.2. The van der Waals surface area contributed by atoms with Crippen LogP contribution in [0.1, 0.15) is 19.3 Å². The van der Waals surface area contributed by atoms with Gasteiger partial charge in [-0.15, -0.1) is 11.8 Å². The number of hydrogen-bond acceptors (Lipinski definition) is 4. The number of nitrogens with one attached hydrogen (secondary N) is 1. The van der Waals surface area contributed by atoms with Crippen molar-refractivity contribution in [1.29, 1.82) is 0 Å². The fourth-order valence-corrected chi connectivity index (χ4v) is 2.76. The van der Waals surface area contributed by atoms with Gasteiger partial charge in [-0.2, -0.15) is 0 Å². The van der Waals surface area contributed by atoms with Crippen molar-refractivity contribution in [2.24, 2.45) is 0 Å². The molecule has 3 rings (SSSR count). The van der Waals surface area contributed by atoms with Crippen LogP contribution in [0.4, 0.5) is 0 Å². The molecule has 0 aromatic heterocycles. The maximum absolute atomic E-state index is 5.69. The summed E-state index contributed by atoms with van der Waals surface area (Å²) in [6.07, 6.45) is 3.67. The molecule has 1 heterocycles. The van der Waals surface area contributed by atoms with E-state index in [9.17, 15) is 0 Å². The Morgan fingerprint density at radius 2 is 2.00 bits per heavy atom. The molecule has 1 fully saturated rings. The van der Waals surface area contributed by atoms with Gasteiger partial charge in [-0.3, -0.25) is 0 Å². The lowest BCUT2D eigenvalue weighted by atomic mass is 10.3. The molecule has 4 heteroatoms. The van der Waals surface area contributed by atoms with Crippen molar-refractivity contribution < 1.29 is 9.47 Å². The molecule has 1 aromatic carbocycles. The number of hydrogen-bond donors (Lipinski definition) is 1. The fourth-order valence-electron chi connectivity index (χ4n) is 1.95. The second-order valence-corrected chi connectivity index (χ2v) is 5.90. The lowest BCUT2D eigenvalue weighted by molar-refractivity contribution is 0.297. The molecule has 1 aliphatic carbocycles. The van der Waals surface area contributed by atoms with E-state index in [4.69, 9.17) is 9.47 Å². The normalized spacial score (nSPS) is 18.4. The van der Waals surface area contributed by atoms with E-state index in [1.54, 1.807) is 0 Å². The smallest absolute Gasteiger partial charge is 0.162 e. The molecule has 3 nitrogen and oxygen atoms in total. The molecule has 18 heavy (non-hydrogen) atoms. The molecule has 1 N–H and O–H groups in total. The number of fused-ring (bicyclic) bond motifs is 1. The van der Waals surface area contributed by atoms with Crippen LogP contribution in [0.15, 0.2) is 23.1 Å². The summed E-state index contributed by atoms with van der Waals surface area (Å²) in [7, 11) is 0. The zero-order valence-electron chi connectivity index (χ0n) is 10.5. The average Bonchev–Trinajstić information content (AvgIpc) is 3.21. The van der Waals surface area contributed by atoms with Gasteiger partial charge in [-0.05, 0) is 31.0 Å². The van der Waals surface area contributed by atoms with Crippen molar-refractivity contribution in [2.45, 2.75) is 30.2 Å². The highest BCUT2D eigenvalue weighted by molar-refractivity contribution is 7.99. The Balaban J connectivity index is 1.53. The van der Waals surface area contributed by atoms with E-state index in [1.807, 2.05) is 17.8 Å². The fraction of sp³-hybridized carbons (Fsp3) is 0.571. The van der Waals surface area contributed by atoms with Gasteiger partial charge in [0.05, 0.1) is 13.2 Å².